The first kappa shape index (κ1) is 17.6. The Morgan fingerprint density at radius 1 is 1.05 bits per heavy atom. The topological polar surface area (TPSA) is 91.7 Å². The quantitative estimate of drug-likeness (QED) is 0.560. The van der Waals surface area contributed by atoms with Crippen LogP contribution in [0.1, 0.15) is 12.5 Å². The van der Waals surface area contributed by atoms with Gasteiger partial charge in [-0.05, 0) is 26.0 Å². The SMILES string of the molecule is CCNC(=O)NC(=O)C[NH+](C)CC(=O)Nc1ccc(C)cc1. The molecule has 0 spiro atoms. The molecule has 0 aliphatic heterocycles. The third-order valence-corrected chi connectivity index (χ3v) is 2.85. The van der Waals surface area contributed by atoms with Crippen LogP contribution < -0.4 is 20.9 Å². The summed E-state index contributed by atoms with van der Waals surface area (Å²) in [4.78, 5) is 35.3. The molecule has 0 radical (unpaired) electrons. The van der Waals surface area contributed by atoms with Gasteiger partial charge >= 0.3 is 6.03 Å². The van der Waals surface area contributed by atoms with E-state index in [1.54, 1.807) is 14.0 Å². The number of benzene rings is 1. The van der Waals surface area contributed by atoms with E-state index in [9.17, 15) is 14.4 Å². The van der Waals surface area contributed by atoms with Crippen molar-refractivity contribution in [2.45, 2.75) is 13.8 Å². The summed E-state index contributed by atoms with van der Waals surface area (Å²) in [7, 11) is 1.71. The van der Waals surface area contributed by atoms with E-state index in [2.05, 4.69) is 16.0 Å². The fraction of sp³-hybridized carbons (Fsp3) is 0.400. The summed E-state index contributed by atoms with van der Waals surface area (Å²) in [6.45, 7) is 4.35. The molecule has 0 saturated heterocycles. The fourth-order valence-corrected chi connectivity index (χ4v) is 1.83. The number of carbonyl (C=O) groups excluding carboxylic acids is 3. The largest absolute Gasteiger partial charge is 0.338 e. The van der Waals surface area contributed by atoms with Gasteiger partial charge in [-0.3, -0.25) is 14.9 Å². The molecule has 0 heterocycles. The Morgan fingerprint density at radius 3 is 2.23 bits per heavy atom. The minimum Gasteiger partial charge on any atom is -0.338 e. The Balaban J connectivity index is 2.36. The molecule has 0 fully saturated rings. The van der Waals surface area contributed by atoms with E-state index >= 15 is 0 Å². The molecule has 4 amide bonds. The van der Waals surface area contributed by atoms with Gasteiger partial charge in [0.25, 0.3) is 11.8 Å². The Hall–Kier alpha value is -2.41. The van der Waals surface area contributed by atoms with Gasteiger partial charge in [0.15, 0.2) is 13.1 Å². The first-order valence-electron chi connectivity index (χ1n) is 7.16. The summed E-state index contributed by atoms with van der Waals surface area (Å²) in [5, 5.41) is 7.43. The van der Waals surface area contributed by atoms with Gasteiger partial charge in [-0.1, -0.05) is 17.7 Å². The lowest BCUT2D eigenvalue weighted by Gasteiger charge is -2.13. The van der Waals surface area contributed by atoms with Crippen molar-refractivity contribution in [3.8, 4) is 0 Å². The molecular weight excluding hydrogens is 284 g/mol. The van der Waals surface area contributed by atoms with E-state index in [4.69, 9.17) is 0 Å². The zero-order valence-electron chi connectivity index (χ0n) is 13.2. The van der Waals surface area contributed by atoms with Crippen molar-refractivity contribution in [1.82, 2.24) is 10.6 Å². The van der Waals surface area contributed by atoms with Crippen molar-refractivity contribution in [3.63, 3.8) is 0 Å². The lowest BCUT2D eigenvalue weighted by Crippen LogP contribution is -3.11. The van der Waals surface area contributed by atoms with Gasteiger partial charge in [0.05, 0.1) is 7.05 Å². The van der Waals surface area contributed by atoms with Crippen molar-refractivity contribution in [2.24, 2.45) is 0 Å². The summed E-state index contributed by atoms with van der Waals surface area (Å²) < 4.78 is 0. The number of nitrogens with one attached hydrogen (secondary N) is 4. The molecule has 1 unspecified atom stereocenters. The molecule has 1 aromatic rings. The Kier molecular flexibility index (Phi) is 7.04. The molecule has 22 heavy (non-hydrogen) atoms. The van der Waals surface area contributed by atoms with Crippen LogP contribution in [0.25, 0.3) is 0 Å². The van der Waals surface area contributed by atoms with Crippen LogP contribution in [-0.4, -0.2) is 44.5 Å². The molecule has 4 N–H and O–H groups in total. The standard InChI is InChI=1S/C15H22N4O3/c1-4-16-15(22)18-14(21)10-19(3)9-13(20)17-12-7-5-11(2)6-8-12/h5-8H,4,9-10H2,1-3H3,(H,17,20)(H2,16,18,21,22)/p+1. The van der Waals surface area contributed by atoms with Crippen molar-refractivity contribution in [1.29, 1.82) is 0 Å². The number of aryl methyl sites for hydroxylation is 1. The second kappa shape index (κ2) is 8.78. The normalized spacial score (nSPS) is 11.4. The van der Waals surface area contributed by atoms with Gasteiger partial charge < -0.3 is 15.5 Å². The minimum absolute atomic E-state index is 0.0401. The van der Waals surface area contributed by atoms with Crippen molar-refractivity contribution in [3.05, 3.63) is 29.8 Å². The number of urea groups is 1. The minimum atomic E-state index is -0.524. The van der Waals surface area contributed by atoms with Crippen LogP contribution in [0.3, 0.4) is 0 Å². The Bertz CT molecular complexity index is 528. The van der Waals surface area contributed by atoms with E-state index < -0.39 is 11.9 Å². The van der Waals surface area contributed by atoms with Gasteiger partial charge in [-0.25, -0.2) is 4.79 Å². The second-order valence-corrected chi connectivity index (χ2v) is 5.13. The molecule has 1 atom stereocenters. The van der Waals surface area contributed by atoms with Gasteiger partial charge in [0.1, 0.15) is 0 Å². The first-order valence-corrected chi connectivity index (χ1v) is 7.16. The molecule has 7 nitrogen and oxygen atoms in total. The van der Waals surface area contributed by atoms with Crippen molar-refractivity contribution < 1.29 is 19.3 Å². The zero-order chi connectivity index (χ0) is 16.5. The summed E-state index contributed by atoms with van der Waals surface area (Å²) >= 11 is 0. The summed E-state index contributed by atoms with van der Waals surface area (Å²) in [6, 6.07) is 6.94. The number of rotatable bonds is 6. The lowest BCUT2D eigenvalue weighted by molar-refractivity contribution is -0.862. The van der Waals surface area contributed by atoms with Crippen LogP contribution in [0, 0.1) is 6.92 Å². The van der Waals surface area contributed by atoms with Crippen molar-refractivity contribution >= 4 is 23.5 Å². The molecule has 120 valence electrons. The number of carbonyl (C=O) groups is 3. The third-order valence-electron chi connectivity index (χ3n) is 2.85. The number of likely N-dealkylation sites (N-methyl/N-ethyl adjacent to an activating group) is 1. The first-order chi connectivity index (χ1) is 10.4. The highest BCUT2D eigenvalue weighted by molar-refractivity contribution is 5.95. The number of quaternary nitrogens is 1. The molecule has 7 heteroatoms. The molecule has 0 aliphatic rings. The smallest absolute Gasteiger partial charge is 0.321 e. The second-order valence-electron chi connectivity index (χ2n) is 5.13. The molecule has 1 aromatic carbocycles. The van der Waals surface area contributed by atoms with Crippen LogP contribution in [0.15, 0.2) is 24.3 Å². The Morgan fingerprint density at radius 2 is 1.64 bits per heavy atom. The van der Waals surface area contributed by atoms with E-state index in [1.165, 1.54) is 0 Å². The van der Waals surface area contributed by atoms with Crippen LogP contribution in [0.4, 0.5) is 10.5 Å². The maximum Gasteiger partial charge on any atom is 0.321 e. The van der Waals surface area contributed by atoms with Gasteiger partial charge in [-0.15, -0.1) is 0 Å². The Labute approximate surface area is 130 Å². The summed E-state index contributed by atoms with van der Waals surface area (Å²) in [5.41, 5.74) is 1.83. The average molecular weight is 307 g/mol. The fourth-order valence-electron chi connectivity index (χ4n) is 1.83. The maximum absolute atomic E-state index is 11.9. The van der Waals surface area contributed by atoms with E-state index in [1.807, 2.05) is 31.2 Å². The number of hydrogen-bond acceptors (Lipinski definition) is 3. The number of anilines is 1. The molecule has 1 rings (SSSR count). The van der Waals surface area contributed by atoms with Gasteiger partial charge in [-0.2, -0.15) is 0 Å². The lowest BCUT2D eigenvalue weighted by atomic mass is 10.2. The van der Waals surface area contributed by atoms with Crippen LogP contribution in [0.2, 0.25) is 0 Å². The zero-order valence-corrected chi connectivity index (χ0v) is 13.2. The third kappa shape index (κ3) is 6.85. The molecule has 0 aliphatic carbocycles. The van der Waals surface area contributed by atoms with Crippen LogP contribution in [0.5, 0.6) is 0 Å². The monoisotopic (exact) mass is 307 g/mol. The number of imide groups is 1. The molecular formula is C15H23N4O3+. The highest BCUT2D eigenvalue weighted by Gasteiger charge is 2.15. The predicted molar refractivity (Wildman–Crippen MR) is 83.6 cm³/mol. The number of amides is 4. The molecule has 0 saturated carbocycles. The van der Waals surface area contributed by atoms with E-state index in [-0.39, 0.29) is 19.0 Å². The maximum atomic E-state index is 11.9. The summed E-state index contributed by atoms with van der Waals surface area (Å²) in [5.74, 6) is -0.612. The summed E-state index contributed by atoms with van der Waals surface area (Å²) in [6.07, 6.45) is 0. The predicted octanol–water partition coefficient (Wildman–Crippen LogP) is -0.706. The van der Waals surface area contributed by atoms with Crippen LogP contribution >= 0.6 is 0 Å². The van der Waals surface area contributed by atoms with E-state index in [0.29, 0.717) is 11.4 Å². The molecule has 0 aromatic heterocycles. The van der Waals surface area contributed by atoms with Crippen LogP contribution in [-0.2, 0) is 9.59 Å². The van der Waals surface area contributed by atoms with Gasteiger partial charge in [0.2, 0.25) is 0 Å². The highest BCUT2D eigenvalue weighted by Crippen LogP contribution is 2.07. The number of hydrogen-bond donors (Lipinski definition) is 4. The highest BCUT2D eigenvalue weighted by atomic mass is 16.2. The van der Waals surface area contributed by atoms with E-state index in [0.717, 1.165) is 11.3 Å². The van der Waals surface area contributed by atoms with Crippen molar-refractivity contribution in [2.75, 3.05) is 32.0 Å². The van der Waals surface area contributed by atoms with Gasteiger partial charge in [0, 0.05) is 12.2 Å². The average Bonchev–Trinajstić information content (AvgIpc) is 2.40. The molecule has 0 bridgehead atoms.